The number of aryl methyl sites for hydroxylation is 2. The molecule has 1 heterocycles. The molecule has 0 saturated heterocycles. The van der Waals surface area contributed by atoms with E-state index in [1.807, 2.05) is 13.0 Å². The van der Waals surface area contributed by atoms with Gasteiger partial charge in [-0.15, -0.1) is 0 Å². The van der Waals surface area contributed by atoms with Crippen LogP contribution in [-0.2, 0) is 6.42 Å². The molecule has 0 aromatic carbocycles. The largest absolute Gasteiger partial charge is 0.255 e. The molecule has 0 unspecified atom stereocenters. The van der Waals surface area contributed by atoms with Crippen LogP contribution in [0.5, 0.6) is 0 Å². The number of hydrogen-bond acceptors (Lipinski definition) is 1. The molecule has 0 aliphatic carbocycles. The van der Waals surface area contributed by atoms with Gasteiger partial charge in [0.1, 0.15) is 5.82 Å². The van der Waals surface area contributed by atoms with E-state index in [4.69, 9.17) is 0 Å². The quantitative estimate of drug-likeness (QED) is 0.682. The van der Waals surface area contributed by atoms with Crippen molar-refractivity contribution in [1.29, 1.82) is 0 Å². The zero-order valence-corrected chi connectivity index (χ0v) is 8.69. The minimum Gasteiger partial charge on any atom is -0.255 e. The van der Waals surface area contributed by atoms with E-state index in [0.717, 1.165) is 17.7 Å². The number of aromatic nitrogens is 1. The van der Waals surface area contributed by atoms with Gasteiger partial charge in [-0.25, -0.2) is 4.39 Å². The van der Waals surface area contributed by atoms with E-state index >= 15 is 0 Å². The van der Waals surface area contributed by atoms with E-state index in [2.05, 4.69) is 18.8 Å². The molecule has 72 valence electrons. The lowest BCUT2D eigenvalue weighted by Gasteiger charge is -2.09. The molecule has 1 aromatic rings. The third-order valence-corrected chi connectivity index (χ3v) is 2.19. The predicted molar refractivity (Wildman–Crippen MR) is 52.4 cm³/mol. The summed E-state index contributed by atoms with van der Waals surface area (Å²) in [5.41, 5.74) is 2.27. The van der Waals surface area contributed by atoms with Crippen molar-refractivity contribution in [3.63, 3.8) is 0 Å². The number of nitrogens with zero attached hydrogens (tertiary/aromatic N) is 1. The monoisotopic (exact) mass is 181 g/mol. The topological polar surface area (TPSA) is 12.9 Å². The van der Waals surface area contributed by atoms with Crippen molar-refractivity contribution in [2.24, 2.45) is 0 Å². The molecule has 0 aliphatic heterocycles. The lowest BCUT2D eigenvalue weighted by Crippen LogP contribution is -2.01. The van der Waals surface area contributed by atoms with Crippen LogP contribution < -0.4 is 0 Å². The maximum Gasteiger partial charge on any atom is 0.147 e. The molecule has 13 heavy (non-hydrogen) atoms. The molecular formula is C11H16FN. The van der Waals surface area contributed by atoms with Crippen LogP contribution in [0, 0.1) is 12.7 Å². The first kappa shape index (κ1) is 10.2. The summed E-state index contributed by atoms with van der Waals surface area (Å²) in [5, 5.41) is 0. The molecule has 0 bridgehead atoms. The van der Waals surface area contributed by atoms with Crippen molar-refractivity contribution < 1.29 is 4.39 Å². The molecule has 1 rings (SSSR count). The Morgan fingerprint density at radius 2 is 2.08 bits per heavy atom. The van der Waals surface area contributed by atoms with Gasteiger partial charge in [-0.05, 0) is 30.9 Å². The summed E-state index contributed by atoms with van der Waals surface area (Å²) in [5.74, 6) is 0.219. The maximum atomic E-state index is 13.4. The van der Waals surface area contributed by atoms with Gasteiger partial charge in [0.15, 0.2) is 0 Å². The first-order valence-electron chi connectivity index (χ1n) is 4.72. The van der Waals surface area contributed by atoms with Crippen LogP contribution in [0.2, 0.25) is 0 Å². The molecule has 0 saturated carbocycles. The predicted octanol–water partition coefficient (Wildman–Crippen LogP) is 3.21. The highest BCUT2D eigenvalue weighted by molar-refractivity contribution is 5.24. The summed E-state index contributed by atoms with van der Waals surface area (Å²) in [4.78, 5) is 4.21. The van der Waals surface area contributed by atoms with Crippen molar-refractivity contribution in [2.45, 2.75) is 40.0 Å². The van der Waals surface area contributed by atoms with E-state index in [9.17, 15) is 4.39 Å². The minimum absolute atomic E-state index is 0.146. The Morgan fingerprint density at radius 3 is 2.54 bits per heavy atom. The van der Waals surface area contributed by atoms with Gasteiger partial charge in [-0.1, -0.05) is 20.8 Å². The number of hydrogen-bond donors (Lipinski definition) is 0. The summed E-state index contributed by atoms with van der Waals surface area (Å²) < 4.78 is 13.4. The Morgan fingerprint density at radius 1 is 1.46 bits per heavy atom. The molecule has 0 radical (unpaired) electrons. The highest BCUT2D eigenvalue weighted by atomic mass is 19.1. The second-order valence-electron chi connectivity index (χ2n) is 3.61. The van der Waals surface area contributed by atoms with E-state index in [0.29, 0.717) is 11.6 Å². The lowest BCUT2D eigenvalue weighted by molar-refractivity contribution is 0.589. The van der Waals surface area contributed by atoms with Gasteiger partial charge < -0.3 is 0 Å². The molecule has 1 aromatic heterocycles. The Kier molecular flexibility index (Phi) is 3.02. The summed E-state index contributed by atoms with van der Waals surface area (Å²) in [7, 11) is 0. The van der Waals surface area contributed by atoms with Crippen LogP contribution in [0.3, 0.4) is 0 Å². The van der Waals surface area contributed by atoms with E-state index in [-0.39, 0.29) is 5.82 Å². The average Bonchev–Trinajstić information content (AvgIpc) is 2.09. The Labute approximate surface area is 79.0 Å². The SMILES string of the molecule is CCc1cc(C(C)C)nc(C)c1F. The molecule has 0 aliphatic rings. The van der Waals surface area contributed by atoms with E-state index in [1.54, 1.807) is 6.92 Å². The first-order chi connectivity index (χ1) is 6.06. The van der Waals surface area contributed by atoms with Crippen molar-refractivity contribution in [2.75, 3.05) is 0 Å². The van der Waals surface area contributed by atoms with Crippen molar-refractivity contribution >= 4 is 0 Å². The number of halogens is 1. The first-order valence-corrected chi connectivity index (χ1v) is 4.72. The number of rotatable bonds is 2. The second-order valence-corrected chi connectivity index (χ2v) is 3.61. The fourth-order valence-electron chi connectivity index (χ4n) is 1.30. The average molecular weight is 181 g/mol. The van der Waals surface area contributed by atoms with Crippen LogP contribution in [0.15, 0.2) is 6.07 Å². The van der Waals surface area contributed by atoms with Crippen LogP contribution in [-0.4, -0.2) is 4.98 Å². The summed E-state index contributed by atoms with van der Waals surface area (Å²) in [6, 6.07) is 1.87. The normalized spacial score (nSPS) is 10.9. The Hall–Kier alpha value is -0.920. The van der Waals surface area contributed by atoms with Crippen LogP contribution >= 0.6 is 0 Å². The van der Waals surface area contributed by atoms with Crippen molar-refractivity contribution in [1.82, 2.24) is 4.98 Å². The Balaban J connectivity index is 3.22. The van der Waals surface area contributed by atoms with Gasteiger partial charge in [0.2, 0.25) is 0 Å². The van der Waals surface area contributed by atoms with Gasteiger partial charge in [0.25, 0.3) is 0 Å². The summed E-state index contributed by atoms with van der Waals surface area (Å²) >= 11 is 0. The summed E-state index contributed by atoms with van der Waals surface area (Å²) in [6.07, 6.45) is 0.731. The van der Waals surface area contributed by atoms with Crippen molar-refractivity contribution in [3.8, 4) is 0 Å². The van der Waals surface area contributed by atoms with Gasteiger partial charge >= 0.3 is 0 Å². The van der Waals surface area contributed by atoms with Crippen LogP contribution in [0.25, 0.3) is 0 Å². The van der Waals surface area contributed by atoms with E-state index < -0.39 is 0 Å². The van der Waals surface area contributed by atoms with Gasteiger partial charge in [-0.2, -0.15) is 0 Å². The molecule has 0 N–H and O–H groups in total. The third-order valence-electron chi connectivity index (χ3n) is 2.19. The zero-order chi connectivity index (χ0) is 10.0. The summed E-state index contributed by atoms with van der Waals surface area (Å²) in [6.45, 7) is 7.82. The maximum absolute atomic E-state index is 13.4. The highest BCUT2D eigenvalue weighted by Gasteiger charge is 2.09. The van der Waals surface area contributed by atoms with Crippen LogP contribution in [0.1, 0.15) is 43.6 Å². The van der Waals surface area contributed by atoms with Crippen LogP contribution in [0.4, 0.5) is 4.39 Å². The van der Waals surface area contributed by atoms with Crippen molar-refractivity contribution in [3.05, 3.63) is 28.8 Å². The second kappa shape index (κ2) is 3.86. The molecule has 0 fully saturated rings. The highest BCUT2D eigenvalue weighted by Crippen LogP contribution is 2.18. The van der Waals surface area contributed by atoms with Gasteiger partial charge in [-0.3, -0.25) is 4.98 Å². The van der Waals surface area contributed by atoms with Gasteiger partial charge in [0.05, 0.1) is 5.69 Å². The molecule has 0 spiro atoms. The smallest absolute Gasteiger partial charge is 0.147 e. The zero-order valence-electron chi connectivity index (χ0n) is 8.69. The molecule has 1 nitrogen and oxygen atoms in total. The fourth-order valence-corrected chi connectivity index (χ4v) is 1.30. The number of pyridine rings is 1. The lowest BCUT2D eigenvalue weighted by atomic mass is 10.0. The van der Waals surface area contributed by atoms with Gasteiger partial charge in [0, 0.05) is 5.69 Å². The molecular weight excluding hydrogens is 165 g/mol. The third kappa shape index (κ3) is 2.06. The standard InChI is InChI=1S/C11H16FN/c1-5-9-6-10(7(2)3)13-8(4)11(9)12/h6-7H,5H2,1-4H3. The van der Waals surface area contributed by atoms with E-state index in [1.165, 1.54) is 0 Å². The fraction of sp³-hybridized carbons (Fsp3) is 0.545. The molecule has 0 atom stereocenters. The Bertz CT molecular complexity index is 305. The molecule has 0 amide bonds. The minimum atomic E-state index is -0.146. The molecule has 2 heteroatoms.